The minimum absolute atomic E-state index is 0.704. The molecule has 1 atom stereocenters. The second-order valence-corrected chi connectivity index (χ2v) is 3.77. The summed E-state index contributed by atoms with van der Waals surface area (Å²) in [6.45, 7) is 2.28. The van der Waals surface area contributed by atoms with Gasteiger partial charge in [0.1, 0.15) is 5.76 Å². The van der Waals surface area contributed by atoms with Crippen molar-refractivity contribution < 1.29 is 4.74 Å². The molecule has 0 saturated carbocycles. The van der Waals surface area contributed by atoms with E-state index >= 15 is 0 Å². The fourth-order valence-electron chi connectivity index (χ4n) is 2.02. The summed E-state index contributed by atoms with van der Waals surface area (Å²) < 4.78 is 5.21. The summed E-state index contributed by atoms with van der Waals surface area (Å²) in [6, 6.07) is 0. The molecule has 0 aromatic carbocycles. The Bertz CT molecular complexity index is 283. The number of rotatable bonds is 2. The van der Waals surface area contributed by atoms with Gasteiger partial charge in [0.15, 0.2) is 0 Å². The zero-order chi connectivity index (χ0) is 9.80. The highest BCUT2D eigenvalue weighted by molar-refractivity contribution is 5.31. The second-order valence-electron chi connectivity index (χ2n) is 3.77. The van der Waals surface area contributed by atoms with Crippen LogP contribution in [0.15, 0.2) is 35.6 Å². The number of nitrogens with one attached hydrogen (secondary N) is 1. The normalized spacial score (nSPS) is 26.8. The zero-order valence-corrected chi connectivity index (χ0v) is 8.62. The molecular formula is C12H17NO. The number of ether oxygens (including phenoxy) is 1. The molecule has 2 rings (SSSR count). The zero-order valence-electron chi connectivity index (χ0n) is 8.62. The first kappa shape index (κ1) is 9.53. The minimum atomic E-state index is 0.704. The maximum absolute atomic E-state index is 5.21. The molecule has 0 aromatic rings. The highest BCUT2D eigenvalue weighted by Crippen LogP contribution is 2.22. The standard InChI is InChI=1S/C12H17NO/c1-14-12-4-2-3-10(5-6-12)11-7-8-13-9-11/h3-6,11,13H,2,7-9H2,1H3. The Labute approximate surface area is 85.3 Å². The van der Waals surface area contributed by atoms with Crippen LogP contribution in [0.5, 0.6) is 0 Å². The third-order valence-corrected chi connectivity index (χ3v) is 2.88. The second kappa shape index (κ2) is 4.47. The lowest BCUT2D eigenvalue weighted by molar-refractivity contribution is 0.306. The van der Waals surface area contributed by atoms with E-state index in [9.17, 15) is 0 Å². The van der Waals surface area contributed by atoms with Gasteiger partial charge in [-0.05, 0) is 43.0 Å². The highest BCUT2D eigenvalue weighted by atomic mass is 16.5. The van der Waals surface area contributed by atoms with Crippen molar-refractivity contribution in [3.63, 3.8) is 0 Å². The molecule has 0 spiro atoms. The van der Waals surface area contributed by atoms with Crippen molar-refractivity contribution in [3.8, 4) is 0 Å². The monoisotopic (exact) mass is 191 g/mol. The van der Waals surface area contributed by atoms with E-state index in [0.717, 1.165) is 25.3 Å². The minimum Gasteiger partial charge on any atom is -0.497 e. The maximum atomic E-state index is 5.21. The first-order valence-electron chi connectivity index (χ1n) is 5.23. The van der Waals surface area contributed by atoms with Gasteiger partial charge in [-0.25, -0.2) is 0 Å². The van der Waals surface area contributed by atoms with Crippen molar-refractivity contribution in [3.05, 3.63) is 35.6 Å². The van der Waals surface area contributed by atoms with Crippen LogP contribution in [0, 0.1) is 5.92 Å². The lowest BCUT2D eigenvalue weighted by Gasteiger charge is -2.08. The molecule has 0 aromatic heterocycles. The van der Waals surface area contributed by atoms with Gasteiger partial charge in [0.2, 0.25) is 0 Å². The van der Waals surface area contributed by atoms with Crippen molar-refractivity contribution in [2.75, 3.05) is 20.2 Å². The van der Waals surface area contributed by atoms with Gasteiger partial charge in [-0.1, -0.05) is 12.2 Å². The summed E-state index contributed by atoms with van der Waals surface area (Å²) in [5, 5.41) is 3.39. The molecule has 1 N–H and O–H groups in total. The Hall–Kier alpha value is -1.02. The molecule has 2 heteroatoms. The van der Waals surface area contributed by atoms with Crippen LogP contribution in [0.1, 0.15) is 12.8 Å². The first-order chi connectivity index (χ1) is 6.90. The molecule has 0 bridgehead atoms. The van der Waals surface area contributed by atoms with Crippen LogP contribution in [0.4, 0.5) is 0 Å². The molecule has 1 fully saturated rings. The van der Waals surface area contributed by atoms with E-state index < -0.39 is 0 Å². The maximum Gasteiger partial charge on any atom is 0.115 e. The van der Waals surface area contributed by atoms with Crippen LogP contribution < -0.4 is 5.32 Å². The third-order valence-electron chi connectivity index (χ3n) is 2.88. The average molecular weight is 191 g/mol. The van der Waals surface area contributed by atoms with E-state index in [1.807, 2.05) is 0 Å². The average Bonchev–Trinajstić information content (AvgIpc) is 2.63. The van der Waals surface area contributed by atoms with Gasteiger partial charge in [0.05, 0.1) is 7.11 Å². The molecule has 2 nitrogen and oxygen atoms in total. The Morgan fingerprint density at radius 2 is 2.29 bits per heavy atom. The van der Waals surface area contributed by atoms with E-state index in [1.54, 1.807) is 7.11 Å². The van der Waals surface area contributed by atoms with Crippen LogP contribution in [-0.2, 0) is 4.74 Å². The van der Waals surface area contributed by atoms with Crippen molar-refractivity contribution in [2.45, 2.75) is 12.8 Å². The topological polar surface area (TPSA) is 21.3 Å². The van der Waals surface area contributed by atoms with Gasteiger partial charge in [-0.3, -0.25) is 0 Å². The van der Waals surface area contributed by atoms with Crippen molar-refractivity contribution in [1.29, 1.82) is 0 Å². The molecule has 1 aliphatic carbocycles. The van der Waals surface area contributed by atoms with Gasteiger partial charge >= 0.3 is 0 Å². The van der Waals surface area contributed by atoms with Crippen LogP contribution >= 0.6 is 0 Å². The Morgan fingerprint density at radius 3 is 3.00 bits per heavy atom. The molecule has 0 amide bonds. The van der Waals surface area contributed by atoms with Gasteiger partial charge in [0, 0.05) is 6.54 Å². The van der Waals surface area contributed by atoms with E-state index in [2.05, 4.69) is 29.6 Å². The fraction of sp³-hybridized carbons (Fsp3) is 0.500. The predicted molar refractivity (Wildman–Crippen MR) is 57.9 cm³/mol. The van der Waals surface area contributed by atoms with Gasteiger partial charge in [0.25, 0.3) is 0 Å². The Balaban J connectivity index is 2.04. The van der Waals surface area contributed by atoms with Gasteiger partial charge < -0.3 is 10.1 Å². The fourth-order valence-corrected chi connectivity index (χ4v) is 2.02. The molecule has 76 valence electrons. The molecule has 1 saturated heterocycles. The van der Waals surface area contributed by atoms with Crippen molar-refractivity contribution in [1.82, 2.24) is 5.32 Å². The molecule has 1 unspecified atom stereocenters. The van der Waals surface area contributed by atoms with Crippen LogP contribution in [0.25, 0.3) is 0 Å². The van der Waals surface area contributed by atoms with Crippen LogP contribution in [0.2, 0.25) is 0 Å². The van der Waals surface area contributed by atoms with E-state index in [4.69, 9.17) is 4.74 Å². The molecular weight excluding hydrogens is 174 g/mol. The summed E-state index contributed by atoms with van der Waals surface area (Å²) in [4.78, 5) is 0. The molecule has 2 aliphatic rings. The predicted octanol–water partition coefficient (Wildman–Crippen LogP) is 2.01. The quantitative estimate of drug-likeness (QED) is 0.721. The summed E-state index contributed by atoms with van der Waals surface area (Å²) in [5.74, 6) is 1.68. The number of hydrogen-bond donors (Lipinski definition) is 1. The van der Waals surface area contributed by atoms with Gasteiger partial charge in [-0.2, -0.15) is 0 Å². The van der Waals surface area contributed by atoms with E-state index in [0.29, 0.717) is 5.92 Å². The van der Waals surface area contributed by atoms with Crippen LogP contribution in [0.3, 0.4) is 0 Å². The lowest BCUT2D eigenvalue weighted by Crippen LogP contribution is -2.09. The largest absolute Gasteiger partial charge is 0.497 e. The number of allylic oxidation sites excluding steroid dienone is 4. The highest BCUT2D eigenvalue weighted by Gasteiger charge is 2.17. The Kier molecular flexibility index (Phi) is 3.04. The van der Waals surface area contributed by atoms with E-state index in [1.165, 1.54) is 12.0 Å². The smallest absolute Gasteiger partial charge is 0.115 e. The van der Waals surface area contributed by atoms with Crippen molar-refractivity contribution in [2.24, 2.45) is 5.92 Å². The summed E-state index contributed by atoms with van der Waals surface area (Å²) in [6.07, 6.45) is 10.9. The van der Waals surface area contributed by atoms with Gasteiger partial charge in [-0.15, -0.1) is 0 Å². The number of methoxy groups -OCH3 is 1. The number of hydrogen-bond acceptors (Lipinski definition) is 2. The summed E-state index contributed by atoms with van der Waals surface area (Å²) in [5.41, 5.74) is 1.46. The lowest BCUT2D eigenvalue weighted by atomic mass is 9.97. The SMILES string of the molecule is COC1=CCC=C(C2CCNC2)C=C1. The Morgan fingerprint density at radius 1 is 1.36 bits per heavy atom. The summed E-state index contributed by atoms with van der Waals surface area (Å²) >= 11 is 0. The van der Waals surface area contributed by atoms with Crippen molar-refractivity contribution >= 4 is 0 Å². The first-order valence-corrected chi connectivity index (χ1v) is 5.23. The molecule has 14 heavy (non-hydrogen) atoms. The summed E-state index contributed by atoms with van der Waals surface area (Å²) in [7, 11) is 1.72. The molecule has 0 radical (unpaired) electrons. The molecule has 1 heterocycles. The third kappa shape index (κ3) is 2.07. The van der Waals surface area contributed by atoms with E-state index in [-0.39, 0.29) is 0 Å². The van der Waals surface area contributed by atoms with Crippen LogP contribution in [-0.4, -0.2) is 20.2 Å². The molecule has 1 aliphatic heterocycles.